The molecule has 0 aromatic carbocycles. The highest BCUT2D eigenvalue weighted by atomic mass is 19.1. The maximum Gasteiger partial charge on any atom is 0.139 e. The highest BCUT2D eigenvalue weighted by molar-refractivity contribution is 5.15. The lowest BCUT2D eigenvalue weighted by Gasteiger charge is -2.07. The fourth-order valence-corrected chi connectivity index (χ4v) is 1.01. The predicted molar refractivity (Wildman–Crippen MR) is 47.8 cm³/mol. The van der Waals surface area contributed by atoms with Gasteiger partial charge in [0.2, 0.25) is 0 Å². The molecule has 0 saturated heterocycles. The third-order valence-electron chi connectivity index (χ3n) is 1.79. The number of nitrogens with zero attached hydrogens (tertiary/aromatic N) is 1. The molecular formula is C10H14FN. The Kier molecular flexibility index (Phi) is 2.79. The smallest absolute Gasteiger partial charge is 0.139 e. The zero-order valence-electron chi connectivity index (χ0n) is 7.71. The molecule has 1 aromatic rings. The first-order valence-electron chi connectivity index (χ1n) is 4.22. The number of pyridine rings is 1. The minimum atomic E-state index is -0.969. The standard InChI is InChI=1S/C10H14FN/c1-7(2)9-5-4-6-10(12-9)8(3)11/h4-8H,1-3H3. The minimum absolute atomic E-state index is 0.365. The Balaban J connectivity index is 2.96. The van der Waals surface area contributed by atoms with Gasteiger partial charge in [0.1, 0.15) is 6.17 Å². The van der Waals surface area contributed by atoms with E-state index in [2.05, 4.69) is 18.8 Å². The summed E-state index contributed by atoms with van der Waals surface area (Å²) in [7, 11) is 0. The molecule has 2 heteroatoms. The van der Waals surface area contributed by atoms with Gasteiger partial charge >= 0.3 is 0 Å². The van der Waals surface area contributed by atoms with Crippen molar-refractivity contribution >= 4 is 0 Å². The van der Waals surface area contributed by atoms with Crippen LogP contribution in [0.25, 0.3) is 0 Å². The van der Waals surface area contributed by atoms with Gasteiger partial charge in [0.05, 0.1) is 5.69 Å². The third kappa shape index (κ3) is 2.03. The maximum absolute atomic E-state index is 12.8. The SMILES string of the molecule is CC(C)c1cccc(C(C)F)n1. The molecule has 1 nitrogen and oxygen atoms in total. The van der Waals surface area contributed by atoms with Crippen LogP contribution in [-0.4, -0.2) is 4.98 Å². The van der Waals surface area contributed by atoms with E-state index in [0.717, 1.165) is 5.69 Å². The largest absolute Gasteiger partial charge is 0.255 e. The Morgan fingerprint density at radius 2 is 1.75 bits per heavy atom. The molecule has 66 valence electrons. The minimum Gasteiger partial charge on any atom is -0.255 e. The fraction of sp³-hybridized carbons (Fsp3) is 0.500. The number of hydrogen-bond acceptors (Lipinski definition) is 1. The van der Waals surface area contributed by atoms with Gasteiger partial charge in [-0.15, -0.1) is 0 Å². The van der Waals surface area contributed by atoms with E-state index in [0.29, 0.717) is 11.6 Å². The molecule has 0 amide bonds. The summed E-state index contributed by atoms with van der Waals surface area (Å²) < 4.78 is 12.8. The van der Waals surface area contributed by atoms with Gasteiger partial charge in [-0.3, -0.25) is 4.98 Å². The second-order valence-corrected chi connectivity index (χ2v) is 3.26. The number of rotatable bonds is 2. The van der Waals surface area contributed by atoms with Gasteiger partial charge in [-0.2, -0.15) is 0 Å². The molecule has 0 aliphatic rings. The molecule has 0 spiro atoms. The molecule has 1 unspecified atom stereocenters. The maximum atomic E-state index is 12.8. The number of halogens is 1. The summed E-state index contributed by atoms with van der Waals surface area (Å²) in [5, 5.41) is 0. The molecule has 1 heterocycles. The van der Waals surface area contributed by atoms with E-state index < -0.39 is 6.17 Å². The molecule has 1 aromatic heterocycles. The van der Waals surface area contributed by atoms with Crippen LogP contribution in [0.4, 0.5) is 4.39 Å². The molecule has 0 bridgehead atoms. The fourth-order valence-electron chi connectivity index (χ4n) is 1.01. The molecule has 0 saturated carbocycles. The number of hydrogen-bond donors (Lipinski definition) is 0. The van der Waals surface area contributed by atoms with Crippen molar-refractivity contribution in [1.82, 2.24) is 4.98 Å². The van der Waals surface area contributed by atoms with E-state index in [1.807, 2.05) is 12.1 Å². The van der Waals surface area contributed by atoms with Crippen LogP contribution in [0.1, 0.15) is 44.2 Å². The zero-order valence-corrected chi connectivity index (χ0v) is 7.71. The highest BCUT2D eigenvalue weighted by Crippen LogP contribution is 2.17. The van der Waals surface area contributed by atoms with Crippen molar-refractivity contribution in [2.75, 3.05) is 0 Å². The van der Waals surface area contributed by atoms with Crippen molar-refractivity contribution in [2.24, 2.45) is 0 Å². The van der Waals surface area contributed by atoms with Crippen LogP contribution in [0.2, 0.25) is 0 Å². The van der Waals surface area contributed by atoms with E-state index in [-0.39, 0.29) is 0 Å². The van der Waals surface area contributed by atoms with Crippen LogP contribution in [-0.2, 0) is 0 Å². The lowest BCUT2D eigenvalue weighted by Crippen LogP contribution is -1.97. The molecule has 1 atom stereocenters. The predicted octanol–water partition coefficient (Wildman–Crippen LogP) is 3.24. The molecule has 0 N–H and O–H groups in total. The first kappa shape index (κ1) is 9.17. The first-order chi connectivity index (χ1) is 5.61. The summed E-state index contributed by atoms with van der Waals surface area (Å²) in [6.45, 7) is 5.61. The second kappa shape index (κ2) is 3.65. The zero-order chi connectivity index (χ0) is 9.14. The Hall–Kier alpha value is -0.920. The average molecular weight is 167 g/mol. The Bertz CT molecular complexity index is 233. The van der Waals surface area contributed by atoms with Gasteiger partial charge in [-0.05, 0) is 25.0 Å². The van der Waals surface area contributed by atoms with Crippen LogP contribution < -0.4 is 0 Å². The Labute approximate surface area is 72.6 Å². The Morgan fingerprint density at radius 1 is 1.17 bits per heavy atom. The first-order valence-corrected chi connectivity index (χ1v) is 4.22. The van der Waals surface area contributed by atoms with Crippen LogP contribution in [0.3, 0.4) is 0 Å². The molecule has 0 aliphatic heterocycles. The summed E-state index contributed by atoms with van der Waals surface area (Å²) in [4.78, 5) is 4.20. The summed E-state index contributed by atoms with van der Waals surface area (Å²) in [6.07, 6.45) is -0.969. The van der Waals surface area contributed by atoms with Gasteiger partial charge in [-0.25, -0.2) is 4.39 Å². The summed E-state index contributed by atoms with van der Waals surface area (Å²) >= 11 is 0. The topological polar surface area (TPSA) is 12.9 Å². The van der Waals surface area contributed by atoms with Crippen LogP contribution in [0.5, 0.6) is 0 Å². The van der Waals surface area contributed by atoms with E-state index >= 15 is 0 Å². The average Bonchev–Trinajstić information content (AvgIpc) is 2.04. The number of alkyl halides is 1. The van der Waals surface area contributed by atoms with Gasteiger partial charge < -0.3 is 0 Å². The summed E-state index contributed by atoms with van der Waals surface area (Å²) in [6, 6.07) is 5.50. The quantitative estimate of drug-likeness (QED) is 0.659. The second-order valence-electron chi connectivity index (χ2n) is 3.26. The van der Waals surface area contributed by atoms with Gasteiger partial charge in [0, 0.05) is 5.69 Å². The van der Waals surface area contributed by atoms with Crippen molar-refractivity contribution < 1.29 is 4.39 Å². The van der Waals surface area contributed by atoms with E-state index in [1.165, 1.54) is 6.92 Å². The van der Waals surface area contributed by atoms with Crippen LogP contribution in [0.15, 0.2) is 18.2 Å². The molecule has 0 radical (unpaired) electrons. The van der Waals surface area contributed by atoms with E-state index in [1.54, 1.807) is 6.07 Å². The van der Waals surface area contributed by atoms with Crippen molar-refractivity contribution in [3.63, 3.8) is 0 Å². The van der Waals surface area contributed by atoms with Crippen molar-refractivity contribution in [2.45, 2.75) is 32.9 Å². The molecule has 0 aliphatic carbocycles. The van der Waals surface area contributed by atoms with Gasteiger partial charge in [-0.1, -0.05) is 19.9 Å². The molecule has 0 fully saturated rings. The van der Waals surface area contributed by atoms with E-state index in [9.17, 15) is 4.39 Å². The summed E-state index contributed by atoms with van der Waals surface area (Å²) in [5.74, 6) is 0.365. The highest BCUT2D eigenvalue weighted by Gasteiger charge is 2.06. The molecule has 12 heavy (non-hydrogen) atoms. The lowest BCUT2D eigenvalue weighted by atomic mass is 10.1. The van der Waals surface area contributed by atoms with Crippen molar-refractivity contribution in [3.05, 3.63) is 29.6 Å². The molecular weight excluding hydrogens is 153 g/mol. The van der Waals surface area contributed by atoms with Gasteiger partial charge in [0.25, 0.3) is 0 Å². The van der Waals surface area contributed by atoms with Crippen LogP contribution in [0, 0.1) is 0 Å². The van der Waals surface area contributed by atoms with Crippen molar-refractivity contribution in [1.29, 1.82) is 0 Å². The van der Waals surface area contributed by atoms with E-state index in [4.69, 9.17) is 0 Å². The third-order valence-corrected chi connectivity index (χ3v) is 1.79. The number of aromatic nitrogens is 1. The van der Waals surface area contributed by atoms with Gasteiger partial charge in [0.15, 0.2) is 0 Å². The van der Waals surface area contributed by atoms with Crippen molar-refractivity contribution in [3.8, 4) is 0 Å². The lowest BCUT2D eigenvalue weighted by molar-refractivity contribution is 0.365. The monoisotopic (exact) mass is 167 g/mol. The summed E-state index contributed by atoms with van der Waals surface area (Å²) in [5.41, 5.74) is 1.48. The van der Waals surface area contributed by atoms with Crippen LogP contribution >= 0.6 is 0 Å². The Morgan fingerprint density at radius 3 is 2.25 bits per heavy atom. The normalized spacial score (nSPS) is 13.4. The molecule has 1 rings (SSSR count).